The van der Waals surface area contributed by atoms with E-state index in [9.17, 15) is 0 Å². The number of benzene rings is 1. The molecule has 0 aromatic heterocycles. The van der Waals surface area contributed by atoms with Crippen molar-refractivity contribution in [1.29, 1.82) is 0 Å². The number of para-hydroxylation sites is 1. The number of ether oxygens (including phenoxy) is 2. The van der Waals surface area contributed by atoms with E-state index in [2.05, 4.69) is 37.4 Å². The molecule has 0 spiro atoms. The molecule has 106 valence electrons. The van der Waals surface area contributed by atoms with Crippen LogP contribution >= 0.6 is 0 Å². The van der Waals surface area contributed by atoms with E-state index in [-0.39, 0.29) is 12.1 Å². The van der Waals surface area contributed by atoms with Crippen molar-refractivity contribution in [3.05, 3.63) is 29.3 Å². The normalized spacial score (nSPS) is 16.8. The largest absolute Gasteiger partial charge is 0.493 e. The highest BCUT2D eigenvalue weighted by Gasteiger charge is 2.25. The second-order valence-corrected chi connectivity index (χ2v) is 5.03. The maximum atomic E-state index is 5.82. The van der Waals surface area contributed by atoms with E-state index in [0.29, 0.717) is 0 Å². The maximum absolute atomic E-state index is 5.82. The standard InChI is InChI=1S/C16H25NO2/c1-4-10-17-15(12(3)18-5-2)14-8-6-7-13-9-11-19-16(13)14/h6-8,12,15,17H,4-5,9-11H2,1-3H3. The van der Waals surface area contributed by atoms with Crippen molar-refractivity contribution < 1.29 is 9.47 Å². The van der Waals surface area contributed by atoms with E-state index < -0.39 is 0 Å². The van der Waals surface area contributed by atoms with Crippen LogP contribution in [0.3, 0.4) is 0 Å². The summed E-state index contributed by atoms with van der Waals surface area (Å²) >= 11 is 0. The first-order chi connectivity index (χ1) is 9.27. The second-order valence-electron chi connectivity index (χ2n) is 5.03. The van der Waals surface area contributed by atoms with Gasteiger partial charge in [0.1, 0.15) is 5.75 Å². The zero-order valence-corrected chi connectivity index (χ0v) is 12.2. The fourth-order valence-corrected chi connectivity index (χ4v) is 2.67. The Bertz CT molecular complexity index is 406. The molecule has 1 N–H and O–H groups in total. The lowest BCUT2D eigenvalue weighted by atomic mass is 9.98. The first-order valence-electron chi connectivity index (χ1n) is 7.37. The SMILES string of the molecule is CCCNC(c1cccc2c1OCC2)C(C)OCC. The van der Waals surface area contributed by atoms with Crippen LogP contribution in [0.2, 0.25) is 0 Å². The van der Waals surface area contributed by atoms with Gasteiger partial charge in [-0.25, -0.2) is 0 Å². The Morgan fingerprint density at radius 1 is 1.37 bits per heavy atom. The Labute approximate surface area is 116 Å². The van der Waals surface area contributed by atoms with Crippen LogP contribution in [0, 0.1) is 0 Å². The van der Waals surface area contributed by atoms with E-state index in [1.165, 1.54) is 11.1 Å². The zero-order chi connectivity index (χ0) is 13.7. The lowest BCUT2D eigenvalue weighted by Gasteiger charge is -2.27. The van der Waals surface area contributed by atoms with Gasteiger partial charge in [-0.2, -0.15) is 0 Å². The lowest BCUT2D eigenvalue weighted by molar-refractivity contribution is 0.0466. The van der Waals surface area contributed by atoms with E-state index in [1.807, 2.05) is 6.92 Å². The molecule has 0 aliphatic carbocycles. The molecule has 0 saturated heterocycles. The fraction of sp³-hybridized carbons (Fsp3) is 0.625. The van der Waals surface area contributed by atoms with Crippen LogP contribution < -0.4 is 10.1 Å². The van der Waals surface area contributed by atoms with Crippen LogP contribution in [-0.2, 0) is 11.2 Å². The third-order valence-corrected chi connectivity index (χ3v) is 3.59. The van der Waals surface area contributed by atoms with Crippen LogP contribution in [0.25, 0.3) is 0 Å². The van der Waals surface area contributed by atoms with Crippen molar-refractivity contribution in [2.24, 2.45) is 0 Å². The average molecular weight is 263 g/mol. The minimum absolute atomic E-state index is 0.146. The maximum Gasteiger partial charge on any atom is 0.127 e. The summed E-state index contributed by atoms with van der Waals surface area (Å²) in [6, 6.07) is 6.65. The summed E-state index contributed by atoms with van der Waals surface area (Å²) in [5.41, 5.74) is 2.56. The molecule has 0 fully saturated rings. The quantitative estimate of drug-likeness (QED) is 0.820. The van der Waals surface area contributed by atoms with E-state index in [1.54, 1.807) is 0 Å². The number of hydrogen-bond donors (Lipinski definition) is 1. The predicted octanol–water partition coefficient (Wildman–Crippen LogP) is 3.09. The third kappa shape index (κ3) is 3.28. The molecular weight excluding hydrogens is 238 g/mol. The van der Waals surface area contributed by atoms with Crippen molar-refractivity contribution in [3.63, 3.8) is 0 Å². The smallest absolute Gasteiger partial charge is 0.127 e. The highest BCUT2D eigenvalue weighted by molar-refractivity contribution is 5.46. The fourth-order valence-electron chi connectivity index (χ4n) is 2.67. The van der Waals surface area contributed by atoms with Crippen molar-refractivity contribution in [3.8, 4) is 5.75 Å². The van der Waals surface area contributed by atoms with Gasteiger partial charge in [-0.15, -0.1) is 0 Å². The summed E-state index contributed by atoms with van der Waals surface area (Å²) in [6.45, 7) is 8.88. The highest BCUT2D eigenvalue weighted by atomic mass is 16.5. The lowest BCUT2D eigenvalue weighted by Crippen LogP contribution is -2.33. The van der Waals surface area contributed by atoms with Gasteiger partial charge in [0.25, 0.3) is 0 Å². The number of fused-ring (bicyclic) bond motifs is 1. The molecule has 2 atom stereocenters. The van der Waals surface area contributed by atoms with Gasteiger partial charge in [0.15, 0.2) is 0 Å². The Morgan fingerprint density at radius 3 is 2.95 bits per heavy atom. The summed E-state index contributed by atoms with van der Waals surface area (Å²) in [6.07, 6.45) is 2.28. The molecule has 0 saturated carbocycles. The van der Waals surface area contributed by atoms with Crippen molar-refractivity contribution in [2.45, 2.75) is 45.8 Å². The first kappa shape index (κ1) is 14.4. The molecule has 1 aliphatic rings. The molecule has 2 unspecified atom stereocenters. The molecule has 1 aromatic carbocycles. The average Bonchev–Trinajstić information content (AvgIpc) is 2.88. The summed E-state index contributed by atoms with van der Waals surface area (Å²) < 4.78 is 11.6. The minimum atomic E-state index is 0.146. The van der Waals surface area contributed by atoms with Crippen LogP contribution in [0.1, 0.15) is 44.4 Å². The second kappa shape index (κ2) is 6.92. The summed E-state index contributed by atoms with van der Waals surface area (Å²) in [7, 11) is 0. The van der Waals surface area contributed by atoms with Crippen LogP contribution in [0.15, 0.2) is 18.2 Å². The molecular formula is C16H25NO2. The molecule has 3 nitrogen and oxygen atoms in total. The highest BCUT2D eigenvalue weighted by Crippen LogP contribution is 2.35. The summed E-state index contributed by atoms with van der Waals surface area (Å²) in [4.78, 5) is 0. The molecule has 0 bridgehead atoms. The van der Waals surface area contributed by atoms with Gasteiger partial charge < -0.3 is 14.8 Å². The molecule has 3 heteroatoms. The monoisotopic (exact) mass is 263 g/mol. The Morgan fingerprint density at radius 2 is 2.21 bits per heavy atom. The number of rotatable bonds is 7. The van der Waals surface area contributed by atoms with Crippen molar-refractivity contribution in [2.75, 3.05) is 19.8 Å². The van der Waals surface area contributed by atoms with Gasteiger partial charge in [0, 0.05) is 18.6 Å². The molecule has 1 heterocycles. The Kier molecular flexibility index (Phi) is 5.23. The van der Waals surface area contributed by atoms with Crippen LogP contribution in [0.4, 0.5) is 0 Å². The van der Waals surface area contributed by atoms with Gasteiger partial charge in [0.05, 0.1) is 18.8 Å². The van der Waals surface area contributed by atoms with Crippen LogP contribution in [0.5, 0.6) is 5.75 Å². The minimum Gasteiger partial charge on any atom is -0.493 e. The molecule has 1 aliphatic heterocycles. The van der Waals surface area contributed by atoms with Gasteiger partial charge in [-0.1, -0.05) is 25.1 Å². The van der Waals surface area contributed by atoms with E-state index in [0.717, 1.165) is 38.3 Å². The summed E-state index contributed by atoms with van der Waals surface area (Å²) in [5, 5.41) is 3.60. The van der Waals surface area contributed by atoms with Gasteiger partial charge in [-0.3, -0.25) is 0 Å². The predicted molar refractivity (Wildman–Crippen MR) is 77.8 cm³/mol. The molecule has 2 rings (SSSR count). The molecule has 19 heavy (non-hydrogen) atoms. The van der Waals surface area contributed by atoms with Crippen LogP contribution in [-0.4, -0.2) is 25.9 Å². The van der Waals surface area contributed by atoms with E-state index >= 15 is 0 Å². The summed E-state index contributed by atoms with van der Waals surface area (Å²) in [5.74, 6) is 1.07. The van der Waals surface area contributed by atoms with Gasteiger partial charge in [-0.05, 0) is 32.4 Å². The first-order valence-corrected chi connectivity index (χ1v) is 7.37. The Hall–Kier alpha value is -1.06. The number of hydrogen-bond acceptors (Lipinski definition) is 3. The zero-order valence-electron chi connectivity index (χ0n) is 12.2. The Balaban J connectivity index is 2.24. The van der Waals surface area contributed by atoms with Crippen molar-refractivity contribution in [1.82, 2.24) is 5.32 Å². The van der Waals surface area contributed by atoms with E-state index in [4.69, 9.17) is 9.47 Å². The molecule has 1 aromatic rings. The molecule has 0 amide bonds. The third-order valence-electron chi connectivity index (χ3n) is 3.59. The topological polar surface area (TPSA) is 30.5 Å². The van der Waals surface area contributed by atoms with Gasteiger partial charge in [0.2, 0.25) is 0 Å². The number of nitrogens with one attached hydrogen (secondary N) is 1. The van der Waals surface area contributed by atoms with Gasteiger partial charge >= 0.3 is 0 Å². The van der Waals surface area contributed by atoms with Crippen molar-refractivity contribution >= 4 is 0 Å². The molecule has 0 radical (unpaired) electrons.